The molecule has 1 aliphatic rings. The summed E-state index contributed by atoms with van der Waals surface area (Å²) in [6, 6.07) is 9.04. The van der Waals surface area contributed by atoms with E-state index in [1.807, 2.05) is 19.1 Å². The molecule has 1 aliphatic carbocycles. The molecular formula is C25H26ClN3O4. The van der Waals surface area contributed by atoms with Crippen LogP contribution in [0.1, 0.15) is 64.8 Å². The van der Waals surface area contributed by atoms with Gasteiger partial charge in [0.15, 0.2) is 0 Å². The minimum atomic E-state index is -0.625. The number of benzene rings is 2. The van der Waals surface area contributed by atoms with Gasteiger partial charge in [-0.05, 0) is 61.6 Å². The SMILES string of the molecule is CCOc1cc2c(Nc3cc(C(=O)OC)cc(C4CCCC4)c3)c(C(N)=O)cnc2cc1Cl. The van der Waals surface area contributed by atoms with Crippen LogP contribution in [0.3, 0.4) is 0 Å². The molecule has 0 saturated heterocycles. The van der Waals surface area contributed by atoms with E-state index in [4.69, 9.17) is 26.8 Å². The molecule has 0 radical (unpaired) electrons. The number of amides is 1. The summed E-state index contributed by atoms with van der Waals surface area (Å²) < 4.78 is 10.6. The van der Waals surface area contributed by atoms with Gasteiger partial charge in [-0.15, -0.1) is 0 Å². The van der Waals surface area contributed by atoms with E-state index in [1.165, 1.54) is 13.3 Å². The fraction of sp³-hybridized carbons (Fsp3) is 0.320. The van der Waals surface area contributed by atoms with Crippen molar-refractivity contribution in [3.63, 3.8) is 0 Å². The third-order valence-electron chi connectivity index (χ3n) is 5.96. The van der Waals surface area contributed by atoms with Gasteiger partial charge in [-0.1, -0.05) is 24.4 Å². The van der Waals surface area contributed by atoms with Gasteiger partial charge in [0.05, 0.1) is 41.1 Å². The fourth-order valence-electron chi connectivity index (χ4n) is 4.38. The second-order valence-corrected chi connectivity index (χ2v) is 8.49. The first-order chi connectivity index (χ1) is 15.9. The number of nitrogens with two attached hydrogens (primary N) is 1. The molecule has 0 bridgehead atoms. The number of halogens is 1. The Morgan fingerprint density at radius 2 is 1.94 bits per heavy atom. The number of nitrogens with zero attached hydrogens (tertiary/aromatic N) is 1. The molecule has 1 saturated carbocycles. The molecule has 1 amide bonds. The molecule has 8 heteroatoms. The average Bonchev–Trinajstić information content (AvgIpc) is 3.34. The quantitative estimate of drug-likeness (QED) is 0.440. The van der Waals surface area contributed by atoms with Crippen LogP contribution < -0.4 is 15.8 Å². The number of methoxy groups -OCH3 is 1. The number of esters is 1. The maximum absolute atomic E-state index is 12.4. The van der Waals surface area contributed by atoms with Crippen LogP contribution in [0.2, 0.25) is 5.02 Å². The van der Waals surface area contributed by atoms with Crippen LogP contribution in [0.15, 0.2) is 36.5 Å². The molecular weight excluding hydrogens is 442 g/mol. The zero-order valence-electron chi connectivity index (χ0n) is 18.6. The van der Waals surface area contributed by atoms with Gasteiger partial charge >= 0.3 is 5.97 Å². The monoisotopic (exact) mass is 467 g/mol. The second kappa shape index (κ2) is 9.67. The van der Waals surface area contributed by atoms with E-state index < -0.39 is 11.9 Å². The molecule has 4 rings (SSSR count). The predicted molar refractivity (Wildman–Crippen MR) is 129 cm³/mol. The van der Waals surface area contributed by atoms with Crippen molar-refractivity contribution in [2.45, 2.75) is 38.5 Å². The third kappa shape index (κ3) is 4.73. The first-order valence-corrected chi connectivity index (χ1v) is 11.3. The Balaban J connectivity index is 1.87. The molecule has 0 spiro atoms. The lowest BCUT2D eigenvalue weighted by atomic mass is 9.95. The van der Waals surface area contributed by atoms with Crippen molar-refractivity contribution in [1.82, 2.24) is 4.98 Å². The third-order valence-corrected chi connectivity index (χ3v) is 6.25. The molecule has 33 heavy (non-hydrogen) atoms. The Morgan fingerprint density at radius 3 is 2.61 bits per heavy atom. The van der Waals surface area contributed by atoms with Gasteiger partial charge in [0.2, 0.25) is 0 Å². The van der Waals surface area contributed by atoms with E-state index in [0.29, 0.717) is 51.1 Å². The zero-order valence-corrected chi connectivity index (χ0v) is 19.4. The van der Waals surface area contributed by atoms with E-state index >= 15 is 0 Å². The van der Waals surface area contributed by atoms with E-state index in [0.717, 1.165) is 31.2 Å². The van der Waals surface area contributed by atoms with Gasteiger partial charge in [-0.25, -0.2) is 4.79 Å². The van der Waals surface area contributed by atoms with Gasteiger partial charge < -0.3 is 20.5 Å². The summed E-state index contributed by atoms with van der Waals surface area (Å²) in [7, 11) is 1.36. The number of aromatic nitrogens is 1. The smallest absolute Gasteiger partial charge is 0.337 e. The lowest BCUT2D eigenvalue weighted by Crippen LogP contribution is -2.14. The number of pyridine rings is 1. The average molecular weight is 468 g/mol. The van der Waals surface area contributed by atoms with Crippen molar-refractivity contribution in [1.29, 1.82) is 0 Å². The largest absolute Gasteiger partial charge is 0.492 e. The number of primary amides is 1. The van der Waals surface area contributed by atoms with Crippen molar-refractivity contribution in [2.24, 2.45) is 5.73 Å². The number of hydrogen-bond acceptors (Lipinski definition) is 6. The van der Waals surface area contributed by atoms with Crippen molar-refractivity contribution in [3.8, 4) is 5.75 Å². The van der Waals surface area contributed by atoms with Gasteiger partial charge in [-0.2, -0.15) is 0 Å². The van der Waals surface area contributed by atoms with Crippen LogP contribution in [0.4, 0.5) is 11.4 Å². The highest BCUT2D eigenvalue weighted by atomic mass is 35.5. The van der Waals surface area contributed by atoms with Gasteiger partial charge in [0.25, 0.3) is 5.91 Å². The molecule has 1 fully saturated rings. The number of carbonyl (C=O) groups excluding carboxylic acids is 2. The number of ether oxygens (including phenoxy) is 2. The number of fused-ring (bicyclic) bond motifs is 1. The molecule has 7 nitrogen and oxygen atoms in total. The highest BCUT2D eigenvalue weighted by Gasteiger charge is 2.21. The molecule has 2 aromatic carbocycles. The maximum Gasteiger partial charge on any atom is 0.337 e. The van der Waals surface area contributed by atoms with Crippen LogP contribution in [0.5, 0.6) is 5.75 Å². The van der Waals surface area contributed by atoms with Crippen molar-refractivity contribution in [2.75, 3.05) is 19.0 Å². The molecule has 172 valence electrons. The Morgan fingerprint density at radius 1 is 1.18 bits per heavy atom. The molecule has 3 aromatic rings. The number of hydrogen-bond donors (Lipinski definition) is 2. The van der Waals surface area contributed by atoms with Gasteiger partial charge in [0.1, 0.15) is 5.75 Å². The number of anilines is 2. The highest BCUT2D eigenvalue weighted by Crippen LogP contribution is 2.39. The van der Waals surface area contributed by atoms with Crippen LogP contribution >= 0.6 is 11.6 Å². The first-order valence-electron chi connectivity index (χ1n) is 11.0. The van der Waals surface area contributed by atoms with Crippen LogP contribution in [-0.2, 0) is 4.74 Å². The predicted octanol–water partition coefficient (Wildman–Crippen LogP) is 5.57. The van der Waals surface area contributed by atoms with Gasteiger partial charge in [-0.3, -0.25) is 9.78 Å². The van der Waals surface area contributed by atoms with Crippen molar-refractivity contribution >= 4 is 45.8 Å². The van der Waals surface area contributed by atoms with Gasteiger partial charge in [0, 0.05) is 17.3 Å². The lowest BCUT2D eigenvalue weighted by molar-refractivity contribution is 0.0600. The summed E-state index contributed by atoms with van der Waals surface area (Å²) in [6.07, 6.45) is 5.90. The molecule has 1 heterocycles. The number of carbonyl (C=O) groups is 2. The Hall–Kier alpha value is -3.32. The van der Waals surface area contributed by atoms with Crippen molar-refractivity contribution < 1.29 is 19.1 Å². The molecule has 3 N–H and O–H groups in total. The van der Waals surface area contributed by atoms with E-state index in [9.17, 15) is 9.59 Å². The molecule has 1 aromatic heterocycles. The van der Waals surface area contributed by atoms with Crippen LogP contribution in [0.25, 0.3) is 10.9 Å². The standard InChI is InChI=1S/C25H26ClN3O4/c1-3-33-22-11-18-21(12-20(22)26)28-13-19(24(27)30)23(18)29-17-9-15(14-6-4-5-7-14)8-16(10-17)25(31)32-2/h8-14H,3-7H2,1-2H3,(H2,27,30)(H,28,29). The molecule has 0 atom stereocenters. The Kier molecular flexibility index (Phi) is 6.70. The normalized spacial score (nSPS) is 13.8. The first kappa shape index (κ1) is 22.9. The summed E-state index contributed by atoms with van der Waals surface area (Å²) in [5.41, 5.74) is 9.11. The summed E-state index contributed by atoms with van der Waals surface area (Å²) in [5.74, 6) is -0.186. The minimum absolute atomic E-state index is 0.221. The van der Waals surface area contributed by atoms with Crippen LogP contribution in [-0.4, -0.2) is 30.6 Å². The molecule has 0 aliphatic heterocycles. The summed E-state index contributed by atoms with van der Waals surface area (Å²) in [5, 5.41) is 4.37. The van der Waals surface area contributed by atoms with E-state index in [-0.39, 0.29) is 5.56 Å². The minimum Gasteiger partial charge on any atom is -0.492 e. The van der Waals surface area contributed by atoms with E-state index in [1.54, 1.807) is 18.2 Å². The Bertz CT molecular complexity index is 1220. The number of nitrogens with one attached hydrogen (secondary N) is 1. The van der Waals surface area contributed by atoms with Crippen LogP contribution in [0, 0.1) is 0 Å². The van der Waals surface area contributed by atoms with E-state index in [2.05, 4.69) is 10.3 Å². The maximum atomic E-state index is 12.4. The van der Waals surface area contributed by atoms with Crippen molar-refractivity contribution in [3.05, 3.63) is 58.2 Å². The Labute approximate surface area is 197 Å². The molecule has 0 unspecified atom stereocenters. The summed E-state index contributed by atoms with van der Waals surface area (Å²) in [4.78, 5) is 29.0. The summed E-state index contributed by atoms with van der Waals surface area (Å²) in [6.45, 7) is 2.30. The second-order valence-electron chi connectivity index (χ2n) is 8.09. The lowest BCUT2D eigenvalue weighted by Gasteiger charge is -2.18. The highest BCUT2D eigenvalue weighted by molar-refractivity contribution is 6.33. The topological polar surface area (TPSA) is 104 Å². The summed E-state index contributed by atoms with van der Waals surface area (Å²) >= 11 is 6.33. The fourth-order valence-corrected chi connectivity index (χ4v) is 4.59. The zero-order chi connectivity index (χ0) is 23.5. The number of rotatable bonds is 7.